The normalized spacial score (nSPS) is 11.7. The Morgan fingerprint density at radius 3 is 2.50 bits per heavy atom. The minimum atomic E-state index is -0.486. The smallest absolute Gasteiger partial charge is 0.330 e. The van der Waals surface area contributed by atoms with Gasteiger partial charge < -0.3 is 20.1 Å². The van der Waals surface area contributed by atoms with Crippen molar-refractivity contribution in [2.24, 2.45) is 0 Å². The summed E-state index contributed by atoms with van der Waals surface area (Å²) in [5.74, 6) is -0.744. The van der Waals surface area contributed by atoms with E-state index in [-0.39, 0.29) is 5.75 Å². The molecule has 0 bridgehead atoms. The second-order valence-corrected chi connectivity index (χ2v) is 5.92. The van der Waals surface area contributed by atoms with Crippen LogP contribution >= 0.6 is 0 Å². The maximum Gasteiger partial charge on any atom is 0.330 e. The molecule has 2 amide bonds. The molecule has 148 valence electrons. The van der Waals surface area contributed by atoms with E-state index in [4.69, 9.17) is 9.47 Å². The van der Waals surface area contributed by atoms with Crippen molar-refractivity contribution in [3.63, 3.8) is 0 Å². The Kier molecular flexibility index (Phi) is 7.56. The largest absolute Gasteiger partial charge is 0.494 e. The number of benzene rings is 2. The molecule has 0 unspecified atom stereocenters. The van der Waals surface area contributed by atoms with Crippen molar-refractivity contribution in [3.8, 4) is 5.75 Å². The first-order chi connectivity index (χ1) is 13.4. The highest BCUT2D eigenvalue weighted by Crippen LogP contribution is 2.21. The number of halogens is 1. The number of amides is 2. The van der Waals surface area contributed by atoms with E-state index in [1.54, 1.807) is 50.3 Å². The molecule has 0 fully saturated rings. The number of carbonyl (C=O) groups excluding carboxylic acids is 2. The molecule has 2 N–H and O–H groups in total. The molecule has 2 aromatic carbocycles. The number of carbonyl (C=O) groups is 2. The second kappa shape index (κ2) is 10.1. The predicted molar refractivity (Wildman–Crippen MR) is 106 cm³/mol. The third-order valence-corrected chi connectivity index (χ3v) is 3.89. The first kappa shape index (κ1) is 21.0. The number of methoxy groups -OCH3 is 1. The molecule has 2 aromatic rings. The van der Waals surface area contributed by atoms with Crippen molar-refractivity contribution in [3.05, 3.63) is 65.5 Å². The Bertz CT molecular complexity index is 850. The summed E-state index contributed by atoms with van der Waals surface area (Å²) in [6, 6.07) is 10.7. The number of hydrogen-bond acceptors (Lipinski definition) is 4. The fourth-order valence-corrected chi connectivity index (χ4v) is 2.43. The summed E-state index contributed by atoms with van der Waals surface area (Å²) in [5, 5.41) is 5.45. The van der Waals surface area contributed by atoms with Gasteiger partial charge in [0.25, 0.3) is 0 Å². The van der Waals surface area contributed by atoms with Gasteiger partial charge in [-0.2, -0.15) is 0 Å². The number of hydrogen-bond donors (Lipinski definition) is 2. The first-order valence-electron chi connectivity index (χ1n) is 8.78. The Morgan fingerprint density at radius 2 is 1.89 bits per heavy atom. The topological polar surface area (TPSA) is 76.7 Å². The molecular weight excluding hydrogens is 363 g/mol. The lowest BCUT2D eigenvalue weighted by molar-refractivity contribution is -0.137. The van der Waals surface area contributed by atoms with Crippen molar-refractivity contribution in [2.75, 3.05) is 19.0 Å². The quantitative estimate of drug-likeness (QED) is 0.550. The van der Waals surface area contributed by atoms with Gasteiger partial charge >= 0.3 is 12.0 Å². The maximum absolute atomic E-state index is 13.8. The molecule has 0 saturated carbocycles. The van der Waals surface area contributed by atoms with Crippen LogP contribution in [0.25, 0.3) is 6.08 Å². The van der Waals surface area contributed by atoms with Crippen molar-refractivity contribution in [1.82, 2.24) is 5.32 Å². The zero-order valence-corrected chi connectivity index (χ0v) is 16.0. The summed E-state index contributed by atoms with van der Waals surface area (Å²) in [5.41, 5.74) is 1.99. The molecule has 0 aliphatic heterocycles. The second-order valence-electron chi connectivity index (χ2n) is 5.92. The Morgan fingerprint density at radius 1 is 1.18 bits per heavy atom. The van der Waals surface area contributed by atoms with Crippen LogP contribution in [-0.2, 0) is 9.53 Å². The van der Waals surface area contributed by atoms with Crippen molar-refractivity contribution in [2.45, 2.75) is 19.9 Å². The van der Waals surface area contributed by atoms with Gasteiger partial charge in [0.15, 0.2) is 11.6 Å². The highest BCUT2D eigenvalue weighted by atomic mass is 19.1. The Hall–Kier alpha value is -3.35. The van der Waals surface area contributed by atoms with Gasteiger partial charge in [-0.05, 0) is 55.3 Å². The number of urea groups is 1. The molecule has 0 radical (unpaired) electrons. The standard InChI is InChI=1S/C21H23FN2O4/c1-4-28-20(25)12-7-15-5-9-17(10-6-15)24-21(26)23-14(2)16-8-11-19(27-3)18(22)13-16/h5-14H,4H2,1-3H3,(H2,23,24,26)/b12-7+/t14-/m0/s1. The number of ether oxygens (including phenoxy) is 2. The van der Waals surface area contributed by atoms with Crippen molar-refractivity contribution in [1.29, 1.82) is 0 Å². The molecule has 0 saturated heterocycles. The Balaban J connectivity index is 1.92. The van der Waals surface area contributed by atoms with Gasteiger partial charge in [-0.3, -0.25) is 0 Å². The summed E-state index contributed by atoms with van der Waals surface area (Å²) >= 11 is 0. The van der Waals surface area contributed by atoms with Gasteiger partial charge in [0.1, 0.15) is 0 Å². The minimum Gasteiger partial charge on any atom is -0.494 e. The molecule has 1 atom stereocenters. The molecule has 7 heteroatoms. The zero-order chi connectivity index (χ0) is 20.5. The van der Waals surface area contributed by atoms with Crippen molar-refractivity contribution >= 4 is 23.8 Å². The van der Waals surface area contributed by atoms with E-state index in [9.17, 15) is 14.0 Å². The van der Waals surface area contributed by atoms with Crippen molar-refractivity contribution < 1.29 is 23.5 Å². The lowest BCUT2D eigenvalue weighted by atomic mass is 10.1. The SMILES string of the molecule is CCOC(=O)/C=C/c1ccc(NC(=O)N[C@@H](C)c2ccc(OC)c(F)c2)cc1. The Labute approximate surface area is 163 Å². The molecular formula is C21H23FN2O4. The lowest BCUT2D eigenvalue weighted by Gasteiger charge is -2.16. The van der Waals surface area contributed by atoms with E-state index in [0.717, 1.165) is 5.56 Å². The fourth-order valence-electron chi connectivity index (χ4n) is 2.43. The van der Waals surface area contributed by atoms with Crippen LogP contribution in [0.4, 0.5) is 14.9 Å². The maximum atomic E-state index is 13.8. The average Bonchev–Trinajstić information content (AvgIpc) is 2.67. The highest BCUT2D eigenvalue weighted by Gasteiger charge is 2.12. The van der Waals surface area contributed by atoms with Gasteiger partial charge in [-0.25, -0.2) is 14.0 Å². The van der Waals surface area contributed by atoms with E-state index in [0.29, 0.717) is 17.9 Å². The highest BCUT2D eigenvalue weighted by molar-refractivity contribution is 5.90. The van der Waals surface area contributed by atoms with Crippen LogP contribution < -0.4 is 15.4 Å². The zero-order valence-electron chi connectivity index (χ0n) is 16.0. The summed E-state index contributed by atoms with van der Waals surface area (Å²) < 4.78 is 23.5. The fraction of sp³-hybridized carbons (Fsp3) is 0.238. The van der Waals surface area contributed by atoms with Crippen LogP contribution in [0.5, 0.6) is 5.75 Å². The van der Waals surface area contributed by atoms with Gasteiger partial charge in [-0.1, -0.05) is 18.2 Å². The average molecular weight is 386 g/mol. The molecule has 0 heterocycles. The number of anilines is 1. The molecule has 2 rings (SSSR count). The summed E-state index contributed by atoms with van der Waals surface area (Å²) in [6.07, 6.45) is 2.97. The molecule has 0 aliphatic rings. The van der Waals surface area contributed by atoms with Gasteiger partial charge in [0.2, 0.25) is 0 Å². The number of esters is 1. The number of nitrogens with one attached hydrogen (secondary N) is 2. The van der Waals surface area contributed by atoms with E-state index < -0.39 is 23.9 Å². The molecule has 0 spiro atoms. The van der Waals surface area contributed by atoms with Crippen LogP contribution in [0.2, 0.25) is 0 Å². The van der Waals surface area contributed by atoms with Crippen LogP contribution in [0.15, 0.2) is 48.5 Å². The monoisotopic (exact) mass is 386 g/mol. The van der Waals surface area contributed by atoms with E-state index >= 15 is 0 Å². The molecule has 28 heavy (non-hydrogen) atoms. The first-order valence-corrected chi connectivity index (χ1v) is 8.78. The third kappa shape index (κ3) is 6.12. The molecule has 6 nitrogen and oxygen atoms in total. The summed E-state index contributed by atoms with van der Waals surface area (Å²) in [4.78, 5) is 23.5. The lowest BCUT2D eigenvalue weighted by Crippen LogP contribution is -2.31. The van der Waals surface area contributed by atoms with Crippen LogP contribution in [0.1, 0.15) is 31.0 Å². The van der Waals surface area contributed by atoms with Crippen LogP contribution in [-0.4, -0.2) is 25.7 Å². The van der Waals surface area contributed by atoms with E-state index in [2.05, 4.69) is 10.6 Å². The van der Waals surface area contributed by atoms with Gasteiger partial charge in [0, 0.05) is 11.8 Å². The third-order valence-electron chi connectivity index (χ3n) is 3.89. The van der Waals surface area contributed by atoms with E-state index in [1.165, 1.54) is 25.3 Å². The molecule has 0 aromatic heterocycles. The minimum absolute atomic E-state index is 0.150. The van der Waals surface area contributed by atoms with Gasteiger partial charge in [-0.15, -0.1) is 0 Å². The van der Waals surface area contributed by atoms with Crippen LogP contribution in [0, 0.1) is 5.82 Å². The predicted octanol–water partition coefficient (Wildman–Crippen LogP) is 4.29. The van der Waals surface area contributed by atoms with E-state index in [1.807, 2.05) is 0 Å². The van der Waals surface area contributed by atoms with Gasteiger partial charge in [0.05, 0.1) is 19.8 Å². The summed E-state index contributed by atoms with van der Waals surface area (Å²) in [7, 11) is 1.39. The summed E-state index contributed by atoms with van der Waals surface area (Å²) in [6.45, 7) is 3.82. The van der Waals surface area contributed by atoms with Crippen LogP contribution in [0.3, 0.4) is 0 Å². The number of rotatable bonds is 7. The molecule has 0 aliphatic carbocycles.